The lowest BCUT2D eigenvalue weighted by Gasteiger charge is -2.17. The zero-order chi connectivity index (χ0) is 12.9. The highest BCUT2D eigenvalue weighted by atomic mass is 16.2. The topological polar surface area (TPSA) is 51.3 Å². The van der Waals surface area contributed by atoms with E-state index in [0.29, 0.717) is 23.6 Å². The standard InChI is InChI=1S/C14H21N3O/c1-9-6-16(7-10(9)2)14(18)13-5-11(15)8-17(13)12-3-4-12/h5,8-10,12H,3-4,6-7,15H2,1-2H3. The lowest BCUT2D eigenvalue weighted by molar-refractivity contribution is 0.0774. The fourth-order valence-corrected chi connectivity index (χ4v) is 2.78. The molecule has 2 aliphatic rings. The van der Waals surface area contributed by atoms with Crippen LogP contribution in [0.2, 0.25) is 0 Å². The van der Waals surface area contributed by atoms with Gasteiger partial charge < -0.3 is 15.2 Å². The quantitative estimate of drug-likeness (QED) is 0.870. The van der Waals surface area contributed by atoms with Crippen molar-refractivity contribution in [3.05, 3.63) is 18.0 Å². The van der Waals surface area contributed by atoms with Crippen molar-refractivity contribution in [3.8, 4) is 0 Å². The number of nitrogen functional groups attached to an aromatic ring is 1. The molecule has 0 spiro atoms. The average molecular weight is 247 g/mol. The number of hydrogen-bond donors (Lipinski definition) is 1. The van der Waals surface area contributed by atoms with Crippen LogP contribution in [0.1, 0.15) is 43.2 Å². The maximum Gasteiger partial charge on any atom is 0.270 e. The number of anilines is 1. The van der Waals surface area contributed by atoms with Crippen molar-refractivity contribution in [2.24, 2.45) is 11.8 Å². The summed E-state index contributed by atoms with van der Waals surface area (Å²) >= 11 is 0. The summed E-state index contributed by atoms with van der Waals surface area (Å²) in [7, 11) is 0. The number of likely N-dealkylation sites (tertiary alicyclic amines) is 1. The Bertz CT molecular complexity index is 465. The minimum Gasteiger partial charge on any atom is -0.397 e. The van der Waals surface area contributed by atoms with Gasteiger partial charge in [-0.05, 0) is 30.7 Å². The lowest BCUT2D eigenvalue weighted by atomic mass is 10.0. The Morgan fingerprint density at radius 2 is 1.89 bits per heavy atom. The highest BCUT2D eigenvalue weighted by molar-refractivity contribution is 5.94. The normalized spacial score (nSPS) is 27.8. The molecule has 4 nitrogen and oxygen atoms in total. The summed E-state index contributed by atoms with van der Waals surface area (Å²) in [5, 5.41) is 0. The van der Waals surface area contributed by atoms with Crippen LogP contribution in [-0.2, 0) is 0 Å². The second kappa shape index (κ2) is 4.04. The van der Waals surface area contributed by atoms with E-state index in [4.69, 9.17) is 5.73 Å². The first kappa shape index (κ1) is 11.6. The van der Waals surface area contributed by atoms with E-state index in [1.807, 2.05) is 17.2 Å². The van der Waals surface area contributed by atoms with Crippen molar-refractivity contribution in [2.75, 3.05) is 18.8 Å². The maximum absolute atomic E-state index is 12.6. The van der Waals surface area contributed by atoms with Gasteiger partial charge in [0.1, 0.15) is 5.69 Å². The Balaban J connectivity index is 1.84. The van der Waals surface area contributed by atoms with Crippen molar-refractivity contribution in [1.82, 2.24) is 9.47 Å². The molecule has 98 valence electrons. The van der Waals surface area contributed by atoms with Crippen LogP contribution in [0.15, 0.2) is 12.3 Å². The van der Waals surface area contributed by atoms with Crippen LogP contribution in [0.5, 0.6) is 0 Å². The SMILES string of the molecule is CC1CN(C(=O)c2cc(N)cn2C2CC2)CC1C. The summed E-state index contributed by atoms with van der Waals surface area (Å²) in [6, 6.07) is 2.33. The molecule has 4 heteroatoms. The lowest BCUT2D eigenvalue weighted by Crippen LogP contribution is -2.30. The number of carbonyl (C=O) groups excluding carboxylic acids is 1. The maximum atomic E-state index is 12.6. The van der Waals surface area contributed by atoms with Crippen LogP contribution in [-0.4, -0.2) is 28.5 Å². The molecule has 2 fully saturated rings. The summed E-state index contributed by atoms with van der Waals surface area (Å²) < 4.78 is 2.07. The summed E-state index contributed by atoms with van der Waals surface area (Å²) in [6.07, 6.45) is 4.25. The van der Waals surface area contributed by atoms with Crippen LogP contribution in [0.4, 0.5) is 5.69 Å². The Labute approximate surface area is 108 Å². The second-order valence-electron chi connectivity index (χ2n) is 5.96. The first-order valence-corrected chi connectivity index (χ1v) is 6.83. The molecule has 1 saturated heterocycles. The minimum atomic E-state index is 0.148. The summed E-state index contributed by atoms with van der Waals surface area (Å²) in [5.74, 6) is 1.33. The number of nitrogens with two attached hydrogens (primary N) is 1. The van der Waals surface area contributed by atoms with Crippen molar-refractivity contribution in [1.29, 1.82) is 0 Å². The molecule has 2 unspecified atom stereocenters. The molecule has 1 aromatic rings. The first-order chi connectivity index (χ1) is 8.56. The van der Waals surface area contributed by atoms with E-state index >= 15 is 0 Å². The number of aromatic nitrogens is 1. The molecule has 0 aromatic carbocycles. The molecule has 1 aliphatic carbocycles. The first-order valence-electron chi connectivity index (χ1n) is 6.83. The van der Waals surface area contributed by atoms with Gasteiger partial charge in [0, 0.05) is 25.3 Å². The van der Waals surface area contributed by atoms with Gasteiger partial charge >= 0.3 is 0 Å². The number of hydrogen-bond acceptors (Lipinski definition) is 2. The highest BCUT2D eigenvalue weighted by Crippen LogP contribution is 2.37. The van der Waals surface area contributed by atoms with Gasteiger partial charge in [0.15, 0.2) is 0 Å². The molecular weight excluding hydrogens is 226 g/mol. The molecule has 0 radical (unpaired) electrons. The molecule has 3 rings (SSSR count). The van der Waals surface area contributed by atoms with Gasteiger partial charge in [-0.3, -0.25) is 4.79 Å². The van der Waals surface area contributed by atoms with Crippen LogP contribution < -0.4 is 5.73 Å². The third-order valence-corrected chi connectivity index (χ3v) is 4.30. The van der Waals surface area contributed by atoms with Gasteiger partial charge in [-0.1, -0.05) is 13.8 Å². The van der Waals surface area contributed by atoms with Crippen molar-refractivity contribution in [3.63, 3.8) is 0 Å². The fourth-order valence-electron chi connectivity index (χ4n) is 2.78. The molecule has 18 heavy (non-hydrogen) atoms. The van der Waals surface area contributed by atoms with Crippen molar-refractivity contribution < 1.29 is 4.79 Å². The largest absolute Gasteiger partial charge is 0.397 e. The Morgan fingerprint density at radius 3 is 2.44 bits per heavy atom. The van der Waals surface area contributed by atoms with Crippen molar-refractivity contribution >= 4 is 11.6 Å². The summed E-state index contributed by atoms with van der Waals surface area (Å²) in [6.45, 7) is 6.17. The molecule has 2 atom stereocenters. The van der Waals surface area contributed by atoms with E-state index in [0.717, 1.165) is 18.8 Å². The highest BCUT2D eigenvalue weighted by Gasteiger charge is 2.33. The third kappa shape index (κ3) is 1.89. The third-order valence-electron chi connectivity index (χ3n) is 4.30. The number of amides is 1. The Kier molecular flexibility index (Phi) is 2.61. The smallest absolute Gasteiger partial charge is 0.270 e. The molecular formula is C14H21N3O. The summed E-state index contributed by atoms with van der Waals surface area (Å²) in [5.41, 5.74) is 7.32. The average Bonchev–Trinajstić information content (AvgIpc) is 3.02. The van der Waals surface area contributed by atoms with Gasteiger partial charge in [-0.15, -0.1) is 0 Å². The van der Waals surface area contributed by atoms with E-state index in [9.17, 15) is 4.79 Å². The molecule has 2 N–H and O–H groups in total. The van der Waals surface area contributed by atoms with Gasteiger partial charge in [0.05, 0.1) is 5.69 Å². The van der Waals surface area contributed by atoms with Crippen LogP contribution in [0, 0.1) is 11.8 Å². The zero-order valence-corrected chi connectivity index (χ0v) is 11.1. The number of carbonyl (C=O) groups is 1. The number of rotatable bonds is 2. The van der Waals surface area contributed by atoms with E-state index in [1.54, 1.807) is 0 Å². The minimum absolute atomic E-state index is 0.148. The predicted octanol–water partition coefficient (Wildman–Crippen LogP) is 2.13. The molecule has 1 aliphatic heterocycles. The molecule has 0 bridgehead atoms. The number of nitrogens with zero attached hydrogens (tertiary/aromatic N) is 2. The van der Waals surface area contributed by atoms with Gasteiger partial charge in [0.2, 0.25) is 0 Å². The van der Waals surface area contributed by atoms with Crippen LogP contribution >= 0.6 is 0 Å². The summed E-state index contributed by atoms with van der Waals surface area (Å²) in [4.78, 5) is 14.5. The van der Waals surface area contributed by atoms with E-state index in [1.165, 1.54) is 12.8 Å². The molecule has 1 aromatic heterocycles. The Morgan fingerprint density at radius 1 is 1.28 bits per heavy atom. The zero-order valence-electron chi connectivity index (χ0n) is 11.1. The fraction of sp³-hybridized carbons (Fsp3) is 0.643. The molecule has 1 amide bonds. The van der Waals surface area contributed by atoms with Gasteiger partial charge in [0.25, 0.3) is 5.91 Å². The molecule has 1 saturated carbocycles. The second-order valence-corrected chi connectivity index (χ2v) is 5.96. The van der Waals surface area contributed by atoms with Crippen LogP contribution in [0.25, 0.3) is 0 Å². The van der Waals surface area contributed by atoms with E-state index < -0.39 is 0 Å². The molecule has 2 heterocycles. The van der Waals surface area contributed by atoms with E-state index in [2.05, 4.69) is 18.4 Å². The van der Waals surface area contributed by atoms with E-state index in [-0.39, 0.29) is 5.91 Å². The predicted molar refractivity (Wildman–Crippen MR) is 71.3 cm³/mol. The monoisotopic (exact) mass is 247 g/mol. The van der Waals surface area contributed by atoms with Gasteiger partial charge in [-0.25, -0.2) is 0 Å². The van der Waals surface area contributed by atoms with Crippen molar-refractivity contribution in [2.45, 2.75) is 32.7 Å². The van der Waals surface area contributed by atoms with Gasteiger partial charge in [-0.2, -0.15) is 0 Å². The Hall–Kier alpha value is -1.45. The van der Waals surface area contributed by atoms with Crippen LogP contribution in [0.3, 0.4) is 0 Å².